The van der Waals surface area contributed by atoms with Gasteiger partial charge in [-0.2, -0.15) is 0 Å². The maximum absolute atomic E-state index is 13.0. The molecule has 2 rings (SSSR count). The van der Waals surface area contributed by atoms with E-state index < -0.39 is 6.17 Å². The van der Waals surface area contributed by atoms with Gasteiger partial charge in [0, 0.05) is 18.9 Å². The molecule has 0 aliphatic heterocycles. The Bertz CT molecular complexity index is 251. The van der Waals surface area contributed by atoms with Gasteiger partial charge < -0.3 is 4.74 Å². The smallest absolute Gasteiger partial charge is 0.139 e. The molecule has 3 heteroatoms. The molecule has 17 heavy (non-hydrogen) atoms. The molecule has 0 spiro atoms. The lowest BCUT2D eigenvalue weighted by molar-refractivity contribution is -0.129. The normalized spacial score (nSPS) is 38.9. The fourth-order valence-electron chi connectivity index (χ4n) is 3.25. The van der Waals surface area contributed by atoms with Crippen LogP contribution in [0.1, 0.15) is 51.4 Å². The first kappa shape index (κ1) is 13.0. The van der Waals surface area contributed by atoms with Crippen molar-refractivity contribution in [3.63, 3.8) is 0 Å². The highest BCUT2D eigenvalue weighted by molar-refractivity contribution is 5.83. The van der Waals surface area contributed by atoms with E-state index in [0.717, 1.165) is 38.5 Å². The summed E-state index contributed by atoms with van der Waals surface area (Å²) in [5.74, 6) is 0.778. The Morgan fingerprint density at radius 2 is 1.41 bits per heavy atom. The first-order valence-electron chi connectivity index (χ1n) is 6.91. The SMILES string of the molecule is COC1CCC(C(=O)C2CCC(F)CC2)CC1. The number of carbonyl (C=O) groups excluding carboxylic acids is 1. The van der Waals surface area contributed by atoms with Crippen LogP contribution in [0.25, 0.3) is 0 Å². The van der Waals surface area contributed by atoms with Crippen molar-refractivity contribution in [1.82, 2.24) is 0 Å². The second kappa shape index (κ2) is 5.94. The van der Waals surface area contributed by atoms with E-state index in [1.54, 1.807) is 7.11 Å². The zero-order valence-electron chi connectivity index (χ0n) is 10.7. The predicted octanol–water partition coefficient (Wildman–Crippen LogP) is 3.29. The number of halogens is 1. The van der Waals surface area contributed by atoms with Crippen LogP contribution >= 0.6 is 0 Å². The Morgan fingerprint density at radius 3 is 1.88 bits per heavy atom. The van der Waals surface area contributed by atoms with E-state index in [1.165, 1.54) is 0 Å². The molecule has 0 aromatic rings. The van der Waals surface area contributed by atoms with Crippen molar-refractivity contribution < 1.29 is 13.9 Å². The van der Waals surface area contributed by atoms with Gasteiger partial charge in [-0.15, -0.1) is 0 Å². The van der Waals surface area contributed by atoms with E-state index in [4.69, 9.17) is 4.74 Å². The van der Waals surface area contributed by atoms with Gasteiger partial charge in [0.15, 0.2) is 0 Å². The number of rotatable bonds is 3. The van der Waals surface area contributed by atoms with Gasteiger partial charge in [-0.25, -0.2) is 4.39 Å². The van der Waals surface area contributed by atoms with E-state index in [2.05, 4.69) is 0 Å². The molecule has 0 N–H and O–H groups in total. The molecular weight excluding hydrogens is 219 g/mol. The minimum atomic E-state index is -0.664. The van der Waals surface area contributed by atoms with E-state index in [1.807, 2.05) is 0 Å². The summed E-state index contributed by atoms with van der Waals surface area (Å²) in [7, 11) is 1.75. The zero-order chi connectivity index (χ0) is 12.3. The highest BCUT2D eigenvalue weighted by Crippen LogP contribution is 2.34. The number of alkyl halides is 1. The molecule has 0 aromatic carbocycles. The third-order valence-corrected chi connectivity index (χ3v) is 4.47. The van der Waals surface area contributed by atoms with E-state index in [-0.39, 0.29) is 11.8 Å². The molecule has 0 atom stereocenters. The van der Waals surface area contributed by atoms with Crippen LogP contribution in [0.15, 0.2) is 0 Å². The Labute approximate surface area is 103 Å². The summed E-state index contributed by atoms with van der Waals surface area (Å²) in [4.78, 5) is 12.3. The quantitative estimate of drug-likeness (QED) is 0.759. The molecule has 0 saturated heterocycles. The molecule has 0 radical (unpaired) electrons. The highest BCUT2D eigenvalue weighted by Gasteiger charge is 2.33. The summed E-state index contributed by atoms with van der Waals surface area (Å²) in [6.45, 7) is 0. The summed E-state index contributed by atoms with van der Waals surface area (Å²) in [6, 6.07) is 0. The molecule has 0 unspecified atom stereocenters. The molecule has 2 nitrogen and oxygen atoms in total. The minimum absolute atomic E-state index is 0.145. The van der Waals surface area contributed by atoms with Crippen LogP contribution in [0.2, 0.25) is 0 Å². The van der Waals surface area contributed by atoms with Crippen LogP contribution < -0.4 is 0 Å². The lowest BCUT2D eigenvalue weighted by atomic mass is 9.76. The summed E-state index contributed by atoms with van der Waals surface area (Å²) in [5.41, 5.74) is 0. The number of ketones is 1. The van der Waals surface area contributed by atoms with Gasteiger partial charge in [-0.3, -0.25) is 4.79 Å². The van der Waals surface area contributed by atoms with E-state index >= 15 is 0 Å². The predicted molar refractivity (Wildman–Crippen MR) is 64.6 cm³/mol. The van der Waals surface area contributed by atoms with Crippen molar-refractivity contribution in [2.75, 3.05) is 7.11 Å². The van der Waals surface area contributed by atoms with Gasteiger partial charge in [-0.1, -0.05) is 0 Å². The molecule has 2 fully saturated rings. The van der Waals surface area contributed by atoms with Crippen LogP contribution in [-0.2, 0) is 9.53 Å². The van der Waals surface area contributed by atoms with Gasteiger partial charge in [0.05, 0.1) is 6.10 Å². The van der Waals surface area contributed by atoms with Gasteiger partial charge >= 0.3 is 0 Å². The third-order valence-electron chi connectivity index (χ3n) is 4.47. The maximum atomic E-state index is 13.0. The van der Waals surface area contributed by atoms with E-state index in [9.17, 15) is 9.18 Å². The molecular formula is C14H23FO2. The average Bonchev–Trinajstić information content (AvgIpc) is 2.39. The molecule has 0 heterocycles. The molecule has 0 aromatic heterocycles. The second-order valence-corrected chi connectivity index (χ2v) is 5.56. The number of ether oxygens (including phenoxy) is 1. The van der Waals surface area contributed by atoms with Crippen molar-refractivity contribution in [2.45, 2.75) is 63.6 Å². The summed E-state index contributed by atoms with van der Waals surface area (Å²) in [6.07, 6.45) is 6.34. The van der Waals surface area contributed by atoms with Crippen LogP contribution in [0.3, 0.4) is 0 Å². The van der Waals surface area contributed by atoms with Gasteiger partial charge in [-0.05, 0) is 51.4 Å². The van der Waals surface area contributed by atoms with Crippen molar-refractivity contribution >= 4 is 5.78 Å². The van der Waals surface area contributed by atoms with Crippen molar-refractivity contribution in [1.29, 1.82) is 0 Å². The number of carbonyl (C=O) groups is 1. The lowest BCUT2D eigenvalue weighted by Crippen LogP contribution is -2.32. The maximum Gasteiger partial charge on any atom is 0.139 e. The molecule has 0 amide bonds. The fourth-order valence-corrected chi connectivity index (χ4v) is 3.25. The average molecular weight is 242 g/mol. The Hall–Kier alpha value is -0.440. The van der Waals surface area contributed by atoms with Gasteiger partial charge in [0.1, 0.15) is 12.0 Å². The summed E-state index contributed by atoms with van der Waals surface area (Å²) >= 11 is 0. The Morgan fingerprint density at radius 1 is 0.941 bits per heavy atom. The van der Waals surface area contributed by atoms with Crippen LogP contribution in [-0.4, -0.2) is 25.2 Å². The molecule has 2 aliphatic rings. The van der Waals surface area contributed by atoms with Crippen molar-refractivity contribution in [2.24, 2.45) is 11.8 Å². The number of methoxy groups -OCH3 is 1. The van der Waals surface area contributed by atoms with Crippen molar-refractivity contribution in [3.05, 3.63) is 0 Å². The standard InChI is InChI=1S/C14H23FO2/c1-17-13-8-4-11(5-9-13)14(16)10-2-6-12(15)7-3-10/h10-13H,2-9H2,1H3. The van der Waals surface area contributed by atoms with Crippen molar-refractivity contribution in [3.8, 4) is 0 Å². The first-order valence-corrected chi connectivity index (χ1v) is 6.91. The molecule has 2 aliphatic carbocycles. The van der Waals surface area contributed by atoms with Crippen LogP contribution in [0, 0.1) is 11.8 Å². The summed E-state index contributed by atoms with van der Waals surface area (Å²) < 4.78 is 18.3. The monoisotopic (exact) mass is 242 g/mol. The Kier molecular flexibility index (Phi) is 4.55. The molecule has 2 saturated carbocycles. The number of Topliss-reactive ketones (excluding diaryl/α,β-unsaturated/α-hetero) is 1. The lowest BCUT2D eigenvalue weighted by Gasteiger charge is -2.31. The minimum Gasteiger partial charge on any atom is -0.381 e. The van der Waals surface area contributed by atoms with Crippen LogP contribution in [0.4, 0.5) is 4.39 Å². The summed E-state index contributed by atoms with van der Waals surface area (Å²) in [5, 5.41) is 0. The second-order valence-electron chi connectivity index (χ2n) is 5.56. The first-order chi connectivity index (χ1) is 8.20. The number of hydrogen-bond acceptors (Lipinski definition) is 2. The topological polar surface area (TPSA) is 26.3 Å². The fraction of sp³-hybridized carbons (Fsp3) is 0.929. The zero-order valence-corrected chi connectivity index (χ0v) is 10.7. The molecule has 0 bridgehead atoms. The van der Waals surface area contributed by atoms with Gasteiger partial charge in [0.2, 0.25) is 0 Å². The third kappa shape index (κ3) is 3.27. The van der Waals surface area contributed by atoms with Gasteiger partial charge in [0.25, 0.3) is 0 Å². The van der Waals surface area contributed by atoms with E-state index in [0.29, 0.717) is 24.7 Å². The molecule has 98 valence electrons. The Balaban J connectivity index is 1.80. The largest absolute Gasteiger partial charge is 0.381 e. The number of hydrogen-bond donors (Lipinski definition) is 0. The van der Waals surface area contributed by atoms with Crippen LogP contribution in [0.5, 0.6) is 0 Å². The highest BCUT2D eigenvalue weighted by atomic mass is 19.1.